The molecule has 2 aliphatic carbocycles. The highest BCUT2D eigenvalue weighted by atomic mass is 35.5. The molecule has 6 atom stereocenters. The number of pyridine rings is 1. The summed E-state index contributed by atoms with van der Waals surface area (Å²) in [4.78, 5) is 60.5. The highest BCUT2D eigenvalue weighted by Gasteiger charge is 2.66. The Bertz CT molecular complexity index is 2060. The number of nitrogens with zero attached hydrogens (tertiary/aromatic N) is 2. The number of nitrogens with one attached hydrogen (secondary N) is 1. The van der Waals surface area contributed by atoms with Crippen LogP contribution in [0.25, 0.3) is 10.9 Å². The first kappa shape index (κ1) is 42.3. The second-order valence-electron chi connectivity index (χ2n) is 16.5. The molecule has 2 unspecified atom stereocenters. The highest BCUT2D eigenvalue weighted by Crippen LogP contribution is 2.75. The van der Waals surface area contributed by atoms with Crippen molar-refractivity contribution in [2.24, 2.45) is 5.92 Å². The van der Waals surface area contributed by atoms with Gasteiger partial charge in [0.25, 0.3) is 0 Å². The summed E-state index contributed by atoms with van der Waals surface area (Å²) in [6.07, 6.45) is 5.80. The largest absolute Gasteiger partial charge is 0.488 e. The number of alkyl carbamates (subject to hydrolysis) is 1. The van der Waals surface area contributed by atoms with E-state index in [1.807, 2.05) is 26.0 Å². The van der Waals surface area contributed by atoms with Gasteiger partial charge in [0.05, 0.1) is 41.1 Å². The molecule has 15 heteroatoms. The van der Waals surface area contributed by atoms with Crippen LogP contribution < -0.4 is 14.8 Å². The van der Waals surface area contributed by atoms with Crippen LogP contribution in [0, 0.1) is 24.5 Å². The van der Waals surface area contributed by atoms with Gasteiger partial charge in [-0.3, -0.25) is 14.2 Å². The number of rotatable bonds is 9. The molecule has 0 bridgehead atoms. The van der Waals surface area contributed by atoms with E-state index in [1.165, 1.54) is 11.0 Å². The number of carbonyl (C=O) groups excluding carboxylic acids is 3. The number of aromatic nitrogens is 1. The number of hydrogen-bond donors (Lipinski definition) is 2. The number of Topliss-reactive ketones (excluding diaryl/α,β-unsaturated/α-hetero) is 1. The molecular formula is C43H53ClF2N3O8P. The van der Waals surface area contributed by atoms with E-state index < -0.39 is 71.9 Å². The first-order chi connectivity index (χ1) is 27.8. The normalized spacial score (nSPS) is 26.9. The molecule has 2 N–H and O–H groups in total. The van der Waals surface area contributed by atoms with Crippen LogP contribution >= 0.6 is 19.0 Å². The van der Waals surface area contributed by atoms with E-state index in [2.05, 4.69) is 10.3 Å². The lowest BCUT2D eigenvalue weighted by Gasteiger charge is -2.30. The lowest BCUT2D eigenvalue weighted by atomic mass is 10.0. The van der Waals surface area contributed by atoms with Crippen LogP contribution in [0.1, 0.15) is 108 Å². The van der Waals surface area contributed by atoms with Crippen LogP contribution in [-0.2, 0) is 25.1 Å². The van der Waals surface area contributed by atoms with Crippen molar-refractivity contribution < 1.29 is 46.8 Å². The van der Waals surface area contributed by atoms with Crippen LogP contribution in [0.5, 0.6) is 11.6 Å². The predicted octanol–water partition coefficient (Wildman–Crippen LogP) is 9.19. The van der Waals surface area contributed by atoms with Crippen LogP contribution in [0.15, 0.2) is 36.4 Å². The van der Waals surface area contributed by atoms with E-state index >= 15 is 0 Å². The summed E-state index contributed by atoms with van der Waals surface area (Å²) in [6, 6.07) is 6.57. The van der Waals surface area contributed by atoms with E-state index in [9.17, 15) is 32.6 Å². The number of hydrogen-bond acceptors (Lipinski definition) is 8. The Balaban J connectivity index is 1.22. The quantitative estimate of drug-likeness (QED) is 0.202. The number of ether oxygens (including phenoxy) is 3. The van der Waals surface area contributed by atoms with Gasteiger partial charge in [0, 0.05) is 29.9 Å². The zero-order chi connectivity index (χ0) is 41.2. The maximum Gasteiger partial charge on any atom is 0.408 e. The van der Waals surface area contributed by atoms with Crippen LogP contribution in [-0.4, -0.2) is 75.2 Å². The van der Waals surface area contributed by atoms with Gasteiger partial charge in [-0.25, -0.2) is 18.6 Å². The van der Waals surface area contributed by atoms with Crippen LogP contribution in [0.2, 0.25) is 5.02 Å². The fraction of sp³-hybridized carbons (Fsp3) is 0.581. The molecule has 7 rings (SSSR count). The van der Waals surface area contributed by atoms with Gasteiger partial charge in [0.2, 0.25) is 19.2 Å². The molecule has 58 heavy (non-hydrogen) atoms. The fourth-order valence-electron chi connectivity index (χ4n) is 9.28. The Hall–Kier alpha value is -3.80. The minimum Gasteiger partial charge on any atom is -0.488 e. The molecule has 0 radical (unpaired) electrons. The Morgan fingerprint density at radius 2 is 1.71 bits per heavy atom. The number of amides is 2. The number of carbonyl (C=O) groups is 3. The van der Waals surface area contributed by atoms with Gasteiger partial charge in [-0.15, -0.1) is 0 Å². The average Bonchev–Trinajstić information content (AvgIpc) is 3.45. The Labute approximate surface area is 343 Å². The molecule has 3 aromatic rings. The molecule has 2 saturated heterocycles. The van der Waals surface area contributed by atoms with Crippen LogP contribution in [0.3, 0.4) is 0 Å². The number of aryl methyl sites for hydroxylation is 1. The molecule has 2 aliphatic heterocycles. The number of benzene rings is 2. The minimum atomic E-state index is -4.41. The van der Waals surface area contributed by atoms with E-state index in [-0.39, 0.29) is 43.7 Å². The minimum absolute atomic E-state index is 0.0217. The lowest BCUT2D eigenvalue weighted by Crippen LogP contribution is -2.52. The van der Waals surface area contributed by atoms with Gasteiger partial charge in [-0.1, -0.05) is 55.8 Å². The van der Waals surface area contributed by atoms with Crippen molar-refractivity contribution in [1.29, 1.82) is 0 Å². The maximum absolute atomic E-state index is 14.9. The molecule has 0 spiro atoms. The molecule has 4 aliphatic rings. The summed E-state index contributed by atoms with van der Waals surface area (Å²) < 4.78 is 62.3. The fourth-order valence-corrected chi connectivity index (χ4v) is 12.1. The molecular weight excluding hydrogens is 791 g/mol. The first-order valence-corrected chi connectivity index (χ1v) is 23.0. The SMILES string of the molecule is CCOc1cc(OC2C[C@H]3C(=O)C[C@]4(P(=O)(O)Cc5c(F)cccc5F)C[C@@H]4CCCCCCC[C@H](NC(=O)OC4CCCC4)C(=O)N3C2)c2ccc(C)c(Cl)c2n1. The molecule has 1 aromatic heterocycles. The molecule has 4 fully saturated rings. The van der Waals surface area contributed by atoms with E-state index in [0.29, 0.717) is 47.5 Å². The summed E-state index contributed by atoms with van der Waals surface area (Å²) in [5.41, 5.74) is 0.798. The predicted molar refractivity (Wildman–Crippen MR) is 216 cm³/mol. The second kappa shape index (κ2) is 17.8. The Kier molecular flexibility index (Phi) is 13.0. The smallest absolute Gasteiger partial charge is 0.408 e. The summed E-state index contributed by atoms with van der Waals surface area (Å²) in [6.45, 7) is 4.00. The molecule has 2 saturated carbocycles. The van der Waals surface area contributed by atoms with Crippen molar-refractivity contribution in [1.82, 2.24) is 15.2 Å². The van der Waals surface area contributed by atoms with Gasteiger partial charge in [0.1, 0.15) is 35.6 Å². The van der Waals surface area contributed by atoms with Crippen LogP contribution in [0.4, 0.5) is 13.6 Å². The van der Waals surface area contributed by atoms with E-state index in [1.54, 1.807) is 6.07 Å². The summed E-state index contributed by atoms with van der Waals surface area (Å²) in [7, 11) is -4.41. The molecule has 3 heterocycles. The summed E-state index contributed by atoms with van der Waals surface area (Å²) >= 11 is 6.70. The highest BCUT2D eigenvalue weighted by molar-refractivity contribution is 7.59. The Morgan fingerprint density at radius 1 is 1.02 bits per heavy atom. The number of ketones is 1. The van der Waals surface area contributed by atoms with Crippen molar-refractivity contribution in [3.8, 4) is 11.6 Å². The van der Waals surface area contributed by atoms with E-state index in [4.69, 9.17) is 25.8 Å². The van der Waals surface area contributed by atoms with Gasteiger partial charge in [-0.2, -0.15) is 0 Å². The molecule has 314 valence electrons. The van der Waals surface area contributed by atoms with Crippen molar-refractivity contribution >= 4 is 47.7 Å². The third kappa shape index (κ3) is 9.02. The van der Waals surface area contributed by atoms with Crippen molar-refractivity contribution in [2.75, 3.05) is 13.2 Å². The summed E-state index contributed by atoms with van der Waals surface area (Å²) in [5, 5.41) is 2.46. The van der Waals surface area contributed by atoms with E-state index in [0.717, 1.165) is 69.1 Å². The average molecular weight is 844 g/mol. The second-order valence-corrected chi connectivity index (χ2v) is 19.5. The number of fused-ring (bicyclic) bond motifs is 3. The topological polar surface area (TPSA) is 144 Å². The van der Waals surface area contributed by atoms with Crippen molar-refractivity contribution in [3.05, 3.63) is 64.2 Å². The third-order valence-electron chi connectivity index (χ3n) is 12.6. The molecule has 11 nitrogen and oxygen atoms in total. The molecule has 2 amide bonds. The van der Waals surface area contributed by atoms with Crippen molar-refractivity contribution in [2.45, 2.75) is 139 Å². The monoisotopic (exact) mass is 843 g/mol. The van der Waals surface area contributed by atoms with Gasteiger partial charge in [-0.05, 0) is 88.5 Å². The zero-order valence-corrected chi connectivity index (χ0v) is 34.8. The van der Waals surface area contributed by atoms with Gasteiger partial charge in [0.15, 0.2) is 5.78 Å². The first-order valence-electron chi connectivity index (χ1n) is 20.7. The van der Waals surface area contributed by atoms with Gasteiger partial charge >= 0.3 is 6.09 Å². The number of halogens is 3. The Morgan fingerprint density at radius 3 is 2.43 bits per heavy atom. The lowest BCUT2D eigenvalue weighted by molar-refractivity contribution is -0.139. The zero-order valence-electron chi connectivity index (χ0n) is 33.2. The van der Waals surface area contributed by atoms with Gasteiger partial charge < -0.3 is 29.3 Å². The summed E-state index contributed by atoms with van der Waals surface area (Å²) in [5.74, 6) is -2.39. The standard InChI is InChI=1S/C43H53ClF2N3O8P/c1-3-55-38-21-37(30-19-18-26(2)39(44)40(30)48-38)56-29-20-35-36(50)23-43(58(53,54)25-31-32(45)15-11-16-33(31)46)22-27(43)12-7-5-4-6-8-17-34(41(51)49(35)24-29)47-42(52)57-28-13-9-10-14-28/h11,15-16,18-19,21,27-29,34-35H,3-10,12-14,17,20,22-25H2,1-2H3,(H,47,52)(H,53,54)/t27-,29?,34-,35-,43+/m0/s1. The third-order valence-corrected chi connectivity index (χ3v) is 15.9. The molecule has 2 aromatic carbocycles. The maximum atomic E-state index is 14.9. The van der Waals surface area contributed by atoms with Crippen molar-refractivity contribution in [3.63, 3.8) is 0 Å².